The normalized spacial score (nSPS) is 11.3. The number of phenols is 1. The number of H-pyrrole nitrogens is 1. The lowest BCUT2D eigenvalue weighted by molar-refractivity contribution is 0.0697. The zero-order valence-corrected chi connectivity index (χ0v) is 17.8. The molecule has 0 radical (unpaired) electrons. The molecule has 5 rings (SSSR count). The molecular formula is C27H19N3O4. The van der Waals surface area contributed by atoms with E-state index in [0.29, 0.717) is 16.5 Å². The van der Waals surface area contributed by atoms with E-state index in [1.165, 1.54) is 12.1 Å². The fourth-order valence-corrected chi connectivity index (χ4v) is 3.92. The predicted octanol–water partition coefficient (Wildman–Crippen LogP) is 7.03. The fourth-order valence-electron chi connectivity index (χ4n) is 3.92. The molecule has 0 saturated carbocycles. The molecule has 1 heterocycles. The number of benzene rings is 4. The van der Waals surface area contributed by atoms with Gasteiger partial charge in [0.25, 0.3) is 0 Å². The number of aromatic carboxylic acids is 1. The maximum Gasteiger partial charge on any atom is 0.335 e. The molecule has 4 aromatic carbocycles. The van der Waals surface area contributed by atoms with Crippen molar-refractivity contribution in [3.8, 4) is 33.9 Å². The third kappa shape index (κ3) is 3.75. The van der Waals surface area contributed by atoms with E-state index in [2.05, 4.69) is 15.2 Å². The molecule has 5 aromatic rings. The van der Waals surface area contributed by atoms with Gasteiger partial charge in [0.05, 0.1) is 11.1 Å². The highest BCUT2D eigenvalue weighted by Gasteiger charge is 2.15. The standard InChI is InChI=1S/C27H19N3O4/c31-25-20(17-9-4-10-18(15-17)27(33)34)12-6-14-22(25)29-30-24-21-13-5-11-19(23(21)28-26(24)32)16-7-2-1-3-8-16/h1-15,28,31-32H,(H,33,34). The minimum atomic E-state index is -1.05. The number of aromatic nitrogens is 1. The van der Waals surface area contributed by atoms with Crippen molar-refractivity contribution in [1.29, 1.82) is 0 Å². The van der Waals surface area contributed by atoms with Gasteiger partial charge in [-0.25, -0.2) is 4.79 Å². The lowest BCUT2D eigenvalue weighted by atomic mass is 10.0. The third-order valence-electron chi connectivity index (χ3n) is 5.57. The summed E-state index contributed by atoms with van der Waals surface area (Å²) in [7, 11) is 0. The number of aromatic hydroxyl groups is 2. The molecule has 0 spiro atoms. The van der Waals surface area contributed by atoms with Crippen LogP contribution in [0.25, 0.3) is 33.2 Å². The number of phenolic OH excluding ortho intramolecular Hbond substituents is 1. The summed E-state index contributed by atoms with van der Waals surface area (Å²) >= 11 is 0. The van der Waals surface area contributed by atoms with E-state index >= 15 is 0 Å². The Kier molecular flexibility index (Phi) is 5.27. The van der Waals surface area contributed by atoms with Crippen LogP contribution in [0.4, 0.5) is 11.4 Å². The first-order chi connectivity index (χ1) is 16.5. The number of fused-ring (bicyclic) bond motifs is 1. The number of nitrogens with one attached hydrogen (secondary N) is 1. The number of carboxylic acid groups (broad SMARTS) is 1. The zero-order chi connectivity index (χ0) is 23.7. The van der Waals surface area contributed by atoms with Gasteiger partial charge in [0.1, 0.15) is 5.69 Å². The van der Waals surface area contributed by atoms with Crippen LogP contribution in [0.1, 0.15) is 10.4 Å². The van der Waals surface area contributed by atoms with Crippen molar-refractivity contribution in [2.45, 2.75) is 0 Å². The van der Waals surface area contributed by atoms with Crippen LogP contribution < -0.4 is 0 Å². The number of hydrogen-bond donors (Lipinski definition) is 4. The van der Waals surface area contributed by atoms with Crippen molar-refractivity contribution in [3.05, 3.63) is 96.6 Å². The quantitative estimate of drug-likeness (QED) is 0.215. The average molecular weight is 449 g/mol. The Morgan fingerprint density at radius 1 is 0.735 bits per heavy atom. The molecule has 0 aliphatic rings. The first-order valence-electron chi connectivity index (χ1n) is 10.5. The van der Waals surface area contributed by atoms with Gasteiger partial charge in [0.15, 0.2) is 11.4 Å². The van der Waals surface area contributed by atoms with Crippen LogP contribution in [0.2, 0.25) is 0 Å². The van der Waals surface area contributed by atoms with Gasteiger partial charge < -0.3 is 20.3 Å². The largest absolute Gasteiger partial charge is 0.505 e. The van der Waals surface area contributed by atoms with Crippen LogP contribution >= 0.6 is 0 Å². The summed E-state index contributed by atoms with van der Waals surface area (Å²) in [5, 5.41) is 39.7. The second kappa shape index (κ2) is 8.55. The Morgan fingerprint density at radius 3 is 2.24 bits per heavy atom. The Bertz CT molecular complexity index is 1560. The van der Waals surface area contributed by atoms with Gasteiger partial charge in [0.2, 0.25) is 5.88 Å². The molecule has 0 fully saturated rings. The zero-order valence-electron chi connectivity index (χ0n) is 17.8. The van der Waals surface area contributed by atoms with Crippen LogP contribution in [-0.4, -0.2) is 26.3 Å². The van der Waals surface area contributed by atoms with Crippen molar-refractivity contribution >= 4 is 28.2 Å². The lowest BCUT2D eigenvalue weighted by Crippen LogP contribution is -1.95. The summed E-state index contributed by atoms with van der Waals surface area (Å²) in [6, 6.07) is 26.7. The van der Waals surface area contributed by atoms with Gasteiger partial charge in [0, 0.05) is 16.5 Å². The minimum absolute atomic E-state index is 0.113. The summed E-state index contributed by atoms with van der Waals surface area (Å²) in [6.45, 7) is 0. The predicted molar refractivity (Wildman–Crippen MR) is 130 cm³/mol. The van der Waals surface area contributed by atoms with Crippen LogP contribution in [0.3, 0.4) is 0 Å². The smallest absolute Gasteiger partial charge is 0.335 e. The molecule has 7 nitrogen and oxygen atoms in total. The van der Waals surface area contributed by atoms with E-state index in [0.717, 1.165) is 16.6 Å². The maximum absolute atomic E-state index is 11.3. The minimum Gasteiger partial charge on any atom is -0.505 e. The van der Waals surface area contributed by atoms with E-state index in [9.17, 15) is 20.1 Å². The number of para-hydroxylation sites is 2. The Hall–Kier alpha value is -4.91. The second-order valence-corrected chi connectivity index (χ2v) is 7.68. The number of carbonyl (C=O) groups is 1. The van der Waals surface area contributed by atoms with E-state index in [-0.39, 0.29) is 28.6 Å². The summed E-state index contributed by atoms with van der Waals surface area (Å²) < 4.78 is 0. The second-order valence-electron chi connectivity index (χ2n) is 7.68. The van der Waals surface area contributed by atoms with Gasteiger partial charge in [-0.1, -0.05) is 72.8 Å². The van der Waals surface area contributed by atoms with Crippen LogP contribution in [-0.2, 0) is 0 Å². The van der Waals surface area contributed by atoms with Crippen LogP contribution in [0.15, 0.2) is 101 Å². The highest BCUT2D eigenvalue weighted by molar-refractivity contribution is 6.02. The molecule has 4 N–H and O–H groups in total. The molecule has 0 bridgehead atoms. The topological polar surface area (TPSA) is 118 Å². The molecule has 0 amide bonds. The summed E-state index contributed by atoms with van der Waals surface area (Å²) in [5.41, 5.74) is 4.15. The van der Waals surface area contributed by atoms with Crippen molar-refractivity contribution in [3.63, 3.8) is 0 Å². The lowest BCUT2D eigenvalue weighted by Gasteiger charge is -2.07. The van der Waals surface area contributed by atoms with Crippen molar-refractivity contribution in [2.75, 3.05) is 0 Å². The van der Waals surface area contributed by atoms with E-state index in [4.69, 9.17) is 0 Å². The highest BCUT2D eigenvalue weighted by Crippen LogP contribution is 2.42. The third-order valence-corrected chi connectivity index (χ3v) is 5.57. The summed E-state index contributed by atoms with van der Waals surface area (Å²) in [5.74, 6) is -1.33. The number of rotatable bonds is 5. The van der Waals surface area contributed by atoms with E-state index in [1.807, 2.05) is 48.5 Å². The van der Waals surface area contributed by atoms with Gasteiger partial charge in [-0.2, -0.15) is 0 Å². The molecule has 0 atom stereocenters. The molecule has 1 aromatic heterocycles. The average Bonchev–Trinajstić information content (AvgIpc) is 3.19. The van der Waals surface area contributed by atoms with Crippen molar-refractivity contribution < 1.29 is 20.1 Å². The molecule has 34 heavy (non-hydrogen) atoms. The first-order valence-corrected chi connectivity index (χ1v) is 10.5. The Labute approximate surface area is 194 Å². The maximum atomic E-state index is 11.3. The number of azo groups is 1. The molecular weight excluding hydrogens is 430 g/mol. The van der Waals surface area contributed by atoms with Gasteiger partial charge in [-0.15, -0.1) is 10.2 Å². The number of hydrogen-bond acceptors (Lipinski definition) is 5. The number of carboxylic acids is 1. The molecule has 166 valence electrons. The summed E-state index contributed by atoms with van der Waals surface area (Å²) in [6.07, 6.45) is 0. The monoisotopic (exact) mass is 449 g/mol. The van der Waals surface area contributed by atoms with Crippen LogP contribution in [0.5, 0.6) is 11.6 Å². The van der Waals surface area contributed by atoms with Crippen molar-refractivity contribution in [1.82, 2.24) is 4.98 Å². The van der Waals surface area contributed by atoms with Crippen molar-refractivity contribution in [2.24, 2.45) is 10.2 Å². The van der Waals surface area contributed by atoms with Gasteiger partial charge >= 0.3 is 5.97 Å². The van der Waals surface area contributed by atoms with E-state index in [1.54, 1.807) is 30.3 Å². The SMILES string of the molecule is O=C(O)c1cccc(-c2cccc(N=Nc3c(O)[nH]c4c(-c5ccccc5)cccc34)c2O)c1. The number of aromatic amines is 1. The molecule has 0 saturated heterocycles. The Morgan fingerprint density at radius 2 is 1.44 bits per heavy atom. The molecule has 7 heteroatoms. The Balaban J connectivity index is 1.55. The van der Waals surface area contributed by atoms with E-state index < -0.39 is 5.97 Å². The first kappa shape index (κ1) is 21.0. The highest BCUT2D eigenvalue weighted by atomic mass is 16.4. The fraction of sp³-hybridized carbons (Fsp3) is 0. The van der Waals surface area contributed by atoms with Crippen LogP contribution in [0, 0.1) is 0 Å². The summed E-state index contributed by atoms with van der Waals surface area (Å²) in [4.78, 5) is 14.3. The van der Waals surface area contributed by atoms with Gasteiger partial charge in [-0.3, -0.25) is 0 Å². The number of nitrogens with zero attached hydrogens (tertiary/aromatic N) is 2. The molecule has 0 aliphatic heterocycles. The molecule has 0 aliphatic carbocycles. The van der Waals surface area contributed by atoms with Gasteiger partial charge in [-0.05, 0) is 29.3 Å². The molecule has 0 unspecified atom stereocenters.